The Morgan fingerprint density at radius 1 is 0.875 bits per heavy atom. The van der Waals surface area contributed by atoms with Gasteiger partial charge in [-0.15, -0.1) is 0 Å². The van der Waals surface area contributed by atoms with Gasteiger partial charge in [0.05, 0.1) is 6.61 Å². The molecule has 0 amide bonds. The van der Waals surface area contributed by atoms with Gasteiger partial charge in [0.15, 0.2) is 0 Å². The second kappa shape index (κ2) is 11.9. The second-order valence-corrected chi connectivity index (χ2v) is 8.13. The molecule has 0 N–H and O–H groups in total. The van der Waals surface area contributed by atoms with Crippen molar-refractivity contribution in [3.8, 4) is 0 Å². The summed E-state index contributed by atoms with van der Waals surface area (Å²) in [6, 6.07) is 0. The van der Waals surface area contributed by atoms with E-state index in [1.165, 1.54) is 70.6 Å². The first kappa shape index (κ1) is 19.8. The van der Waals surface area contributed by atoms with E-state index >= 15 is 0 Å². The summed E-state index contributed by atoms with van der Waals surface area (Å²) in [4.78, 5) is 0. The van der Waals surface area contributed by atoms with Gasteiger partial charge < -0.3 is 4.74 Å². The summed E-state index contributed by atoms with van der Waals surface area (Å²) < 4.78 is 5.77. The van der Waals surface area contributed by atoms with Crippen molar-refractivity contribution in [1.82, 2.24) is 0 Å². The van der Waals surface area contributed by atoms with Gasteiger partial charge in [-0.3, -0.25) is 0 Å². The van der Waals surface area contributed by atoms with Crippen molar-refractivity contribution in [2.75, 3.05) is 13.2 Å². The summed E-state index contributed by atoms with van der Waals surface area (Å²) in [5.41, 5.74) is 0. The molecule has 0 aromatic rings. The maximum Gasteiger partial charge on any atom is 0.0647 e. The molecule has 24 heavy (non-hydrogen) atoms. The summed E-state index contributed by atoms with van der Waals surface area (Å²) >= 11 is 0. The Labute approximate surface area is 150 Å². The van der Waals surface area contributed by atoms with E-state index in [1.807, 2.05) is 0 Å². The van der Waals surface area contributed by atoms with E-state index in [1.54, 1.807) is 0 Å². The van der Waals surface area contributed by atoms with Crippen molar-refractivity contribution < 1.29 is 4.74 Å². The Balaban J connectivity index is 1.59. The topological polar surface area (TPSA) is 9.23 Å². The minimum atomic E-state index is 0.798. The van der Waals surface area contributed by atoms with Gasteiger partial charge in [0, 0.05) is 6.61 Å². The zero-order chi connectivity index (χ0) is 17.0. The van der Waals surface area contributed by atoms with Gasteiger partial charge in [-0.25, -0.2) is 0 Å². The third-order valence-electron chi connectivity index (χ3n) is 6.31. The molecule has 0 spiro atoms. The van der Waals surface area contributed by atoms with Gasteiger partial charge in [0.25, 0.3) is 0 Å². The lowest BCUT2D eigenvalue weighted by atomic mass is 9.69. The molecule has 0 bridgehead atoms. The molecule has 1 nitrogen and oxygen atoms in total. The van der Waals surface area contributed by atoms with E-state index in [-0.39, 0.29) is 0 Å². The third kappa shape index (κ3) is 7.13. The van der Waals surface area contributed by atoms with Crippen molar-refractivity contribution in [3.05, 3.63) is 24.3 Å². The number of rotatable bonds is 9. The molecule has 0 radical (unpaired) electrons. The Kier molecular flexibility index (Phi) is 9.80. The highest BCUT2D eigenvalue weighted by molar-refractivity contribution is 4.92. The van der Waals surface area contributed by atoms with Crippen LogP contribution in [0.15, 0.2) is 24.3 Å². The van der Waals surface area contributed by atoms with Crippen LogP contribution in [0, 0.1) is 23.7 Å². The minimum absolute atomic E-state index is 0.798. The smallest absolute Gasteiger partial charge is 0.0647 e. The van der Waals surface area contributed by atoms with E-state index in [0.29, 0.717) is 0 Å². The highest BCUT2D eigenvalue weighted by Gasteiger charge is 2.30. The highest BCUT2D eigenvalue weighted by Crippen LogP contribution is 2.41. The number of unbranched alkanes of at least 4 members (excludes halogenated alkanes) is 2. The average molecular weight is 333 g/mol. The standard InChI is InChI=1S/C23H40O/c1-3-5-7-8-9-20-10-14-22(15-11-20)23-16-12-21(13-17-23)19-24-18-6-4-2/h4,6,8-9,20-23H,3,5,7,10-19H2,1-2H3/b6-4-,9-8+/t20-,21?,22-,23?. The van der Waals surface area contributed by atoms with Crippen molar-refractivity contribution in [2.45, 2.75) is 84.5 Å². The molecule has 0 aromatic carbocycles. The van der Waals surface area contributed by atoms with Crippen LogP contribution in [-0.2, 0) is 4.74 Å². The first-order chi connectivity index (χ1) is 11.8. The Hall–Kier alpha value is -0.560. The van der Waals surface area contributed by atoms with Gasteiger partial charge in [0.2, 0.25) is 0 Å². The first-order valence-electron chi connectivity index (χ1n) is 10.7. The molecule has 0 aromatic heterocycles. The molecule has 2 aliphatic rings. The van der Waals surface area contributed by atoms with Crippen molar-refractivity contribution in [1.29, 1.82) is 0 Å². The lowest BCUT2D eigenvalue weighted by molar-refractivity contribution is 0.0799. The van der Waals surface area contributed by atoms with Gasteiger partial charge in [-0.2, -0.15) is 0 Å². The van der Waals surface area contributed by atoms with E-state index in [2.05, 4.69) is 38.2 Å². The fourth-order valence-corrected chi connectivity index (χ4v) is 4.64. The average Bonchev–Trinajstić information content (AvgIpc) is 2.64. The largest absolute Gasteiger partial charge is 0.377 e. The summed E-state index contributed by atoms with van der Waals surface area (Å²) in [6.45, 7) is 6.12. The van der Waals surface area contributed by atoms with E-state index in [4.69, 9.17) is 4.74 Å². The number of ether oxygens (including phenoxy) is 1. The molecule has 2 fully saturated rings. The molecule has 0 aliphatic heterocycles. The molecule has 0 heterocycles. The lowest BCUT2D eigenvalue weighted by Gasteiger charge is -2.37. The molecule has 0 atom stereocenters. The van der Waals surface area contributed by atoms with Gasteiger partial charge in [-0.1, -0.05) is 44.1 Å². The fourth-order valence-electron chi connectivity index (χ4n) is 4.64. The van der Waals surface area contributed by atoms with Crippen LogP contribution < -0.4 is 0 Å². The minimum Gasteiger partial charge on any atom is -0.377 e. The molecular weight excluding hydrogens is 292 g/mol. The zero-order valence-electron chi connectivity index (χ0n) is 16.2. The molecule has 138 valence electrons. The van der Waals surface area contributed by atoms with Gasteiger partial charge in [0.1, 0.15) is 0 Å². The molecule has 0 unspecified atom stereocenters. The maximum atomic E-state index is 5.77. The third-order valence-corrected chi connectivity index (χ3v) is 6.31. The quantitative estimate of drug-likeness (QED) is 0.328. The summed E-state index contributed by atoms with van der Waals surface area (Å²) in [6.07, 6.45) is 24.7. The van der Waals surface area contributed by atoms with Gasteiger partial charge >= 0.3 is 0 Å². The van der Waals surface area contributed by atoms with Crippen molar-refractivity contribution in [3.63, 3.8) is 0 Å². The maximum absolute atomic E-state index is 5.77. The molecule has 0 saturated heterocycles. The van der Waals surface area contributed by atoms with Crippen LogP contribution >= 0.6 is 0 Å². The van der Waals surface area contributed by atoms with Crippen LogP contribution in [0.5, 0.6) is 0 Å². The van der Waals surface area contributed by atoms with E-state index < -0.39 is 0 Å². The van der Waals surface area contributed by atoms with Crippen LogP contribution in [0.3, 0.4) is 0 Å². The number of allylic oxidation sites excluding steroid dienone is 3. The van der Waals surface area contributed by atoms with Crippen LogP contribution in [0.25, 0.3) is 0 Å². The SMILES string of the molecule is C/C=C\COCC1CCC([C@H]2CC[C@H](/C=C/CCCC)CC2)CC1. The Morgan fingerprint density at radius 3 is 2.17 bits per heavy atom. The molecular formula is C23H40O. The van der Waals surface area contributed by atoms with Crippen molar-refractivity contribution >= 4 is 0 Å². The van der Waals surface area contributed by atoms with E-state index in [0.717, 1.165) is 36.9 Å². The zero-order valence-corrected chi connectivity index (χ0v) is 16.2. The van der Waals surface area contributed by atoms with Crippen LogP contribution in [0.1, 0.15) is 84.5 Å². The first-order valence-corrected chi connectivity index (χ1v) is 10.7. The summed E-state index contributed by atoms with van der Waals surface area (Å²) in [5, 5.41) is 0. The summed E-state index contributed by atoms with van der Waals surface area (Å²) in [7, 11) is 0. The number of hydrogen-bond acceptors (Lipinski definition) is 1. The second-order valence-electron chi connectivity index (χ2n) is 8.13. The van der Waals surface area contributed by atoms with Crippen LogP contribution in [0.4, 0.5) is 0 Å². The Morgan fingerprint density at radius 2 is 1.54 bits per heavy atom. The Bertz CT molecular complexity index is 354. The highest BCUT2D eigenvalue weighted by atomic mass is 16.5. The lowest BCUT2D eigenvalue weighted by Crippen LogP contribution is -2.26. The molecule has 2 aliphatic carbocycles. The summed E-state index contributed by atoms with van der Waals surface area (Å²) in [5.74, 6) is 3.75. The molecule has 1 heteroatoms. The molecule has 2 saturated carbocycles. The van der Waals surface area contributed by atoms with Gasteiger partial charge in [-0.05, 0) is 88.4 Å². The van der Waals surface area contributed by atoms with Crippen LogP contribution in [-0.4, -0.2) is 13.2 Å². The molecule has 2 rings (SSSR count). The predicted octanol–water partition coefficient (Wildman–Crippen LogP) is 6.94. The normalized spacial score (nSPS) is 31.9. The monoisotopic (exact) mass is 332 g/mol. The van der Waals surface area contributed by atoms with Crippen LogP contribution in [0.2, 0.25) is 0 Å². The van der Waals surface area contributed by atoms with E-state index in [9.17, 15) is 0 Å². The number of hydrogen-bond donors (Lipinski definition) is 0. The fraction of sp³-hybridized carbons (Fsp3) is 0.826. The predicted molar refractivity (Wildman–Crippen MR) is 105 cm³/mol. The van der Waals surface area contributed by atoms with Crippen molar-refractivity contribution in [2.24, 2.45) is 23.7 Å².